The van der Waals surface area contributed by atoms with Crippen LogP contribution in [-0.4, -0.2) is 48.5 Å². The number of rotatable bonds is 4. The van der Waals surface area contributed by atoms with Crippen molar-refractivity contribution in [2.45, 2.75) is 25.4 Å². The quantitative estimate of drug-likeness (QED) is 0.884. The van der Waals surface area contributed by atoms with E-state index in [0.717, 1.165) is 39.1 Å². The predicted octanol–water partition coefficient (Wildman–Crippen LogP) is 2.43. The van der Waals surface area contributed by atoms with Crippen LogP contribution in [-0.2, 0) is 9.47 Å². The van der Waals surface area contributed by atoms with Gasteiger partial charge in [0.25, 0.3) is 0 Å². The highest BCUT2D eigenvalue weighted by Crippen LogP contribution is 2.41. The number of carboxylic acids is 1. The number of nitrogens with one attached hydrogen (secondary N) is 1. The molecule has 120 valence electrons. The number of pyridine rings is 1. The molecule has 3 heterocycles. The number of carboxylic acid groups (broad SMARTS) is 1. The molecule has 1 aromatic heterocycles. The molecule has 1 unspecified atom stereocenters. The first kappa shape index (κ1) is 15.5. The minimum absolute atomic E-state index is 0.0776. The maximum absolute atomic E-state index is 10.9. The van der Waals surface area contributed by atoms with Crippen LogP contribution in [0.4, 0.5) is 5.82 Å². The minimum atomic E-state index is -1.04. The summed E-state index contributed by atoms with van der Waals surface area (Å²) in [5.41, 5.74) is 0.337. The second-order valence-electron chi connectivity index (χ2n) is 5.99. The Bertz CT molecular complexity index is 560. The van der Waals surface area contributed by atoms with Gasteiger partial charge in [0.05, 0.1) is 23.3 Å². The van der Waals surface area contributed by atoms with Crippen LogP contribution in [0.25, 0.3) is 0 Å². The Hall–Kier alpha value is -1.37. The molecule has 0 aliphatic carbocycles. The predicted molar refractivity (Wildman–Crippen MR) is 81.5 cm³/mol. The van der Waals surface area contributed by atoms with Crippen molar-refractivity contribution in [1.82, 2.24) is 4.98 Å². The zero-order valence-corrected chi connectivity index (χ0v) is 12.9. The second kappa shape index (κ2) is 6.40. The molecular formula is C15H19ClN2O4. The lowest BCUT2D eigenvalue weighted by atomic mass is 9.78. The van der Waals surface area contributed by atoms with Crippen LogP contribution in [0.2, 0.25) is 5.02 Å². The molecule has 0 radical (unpaired) electrons. The Labute approximate surface area is 133 Å². The van der Waals surface area contributed by atoms with Crippen molar-refractivity contribution in [3.8, 4) is 0 Å². The molecule has 6 nitrogen and oxygen atoms in total. The highest BCUT2D eigenvalue weighted by Gasteiger charge is 2.41. The largest absolute Gasteiger partial charge is 0.478 e. The van der Waals surface area contributed by atoms with E-state index in [2.05, 4.69) is 10.3 Å². The fourth-order valence-corrected chi connectivity index (χ4v) is 3.31. The molecule has 1 aromatic rings. The third-order valence-corrected chi connectivity index (χ3v) is 4.71. The lowest BCUT2D eigenvalue weighted by Gasteiger charge is -2.31. The van der Waals surface area contributed by atoms with Crippen molar-refractivity contribution in [3.05, 3.63) is 22.8 Å². The number of hydrogen-bond donors (Lipinski definition) is 2. The molecule has 0 bridgehead atoms. The number of anilines is 1. The number of aromatic nitrogens is 1. The van der Waals surface area contributed by atoms with Crippen molar-refractivity contribution in [3.63, 3.8) is 0 Å². The summed E-state index contributed by atoms with van der Waals surface area (Å²) in [7, 11) is 0. The van der Waals surface area contributed by atoms with Crippen LogP contribution in [0.3, 0.4) is 0 Å². The van der Waals surface area contributed by atoms with E-state index in [1.807, 2.05) is 0 Å². The van der Waals surface area contributed by atoms with E-state index in [0.29, 0.717) is 17.4 Å². The number of aromatic carboxylic acids is 1. The van der Waals surface area contributed by atoms with Crippen LogP contribution < -0.4 is 5.32 Å². The van der Waals surface area contributed by atoms with Crippen molar-refractivity contribution >= 4 is 23.4 Å². The molecule has 3 rings (SSSR count). The normalized spacial score (nSPS) is 23.6. The molecule has 1 atom stereocenters. The lowest BCUT2D eigenvalue weighted by molar-refractivity contribution is 0.00731. The van der Waals surface area contributed by atoms with Crippen molar-refractivity contribution in [2.24, 2.45) is 5.41 Å². The van der Waals surface area contributed by atoms with Gasteiger partial charge in [-0.05, 0) is 25.3 Å². The molecule has 0 saturated carbocycles. The summed E-state index contributed by atoms with van der Waals surface area (Å²) in [5, 5.41) is 12.3. The molecule has 0 aromatic carbocycles. The van der Waals surface area contributed by atoms with Gasteiger partial charge in [-0.15, -0.1) is 0 Å². The number of hydrogen-bond acceptors (Lipinski definition) is 5. The van der Waals surface area contributed by atoms with E-state index in [4.69, 9.17) is 26.2 Å². The fourth-order valence-electron chi connectivity index (χ4n) is 3.07. The zero-order chi connectivity index (χ0) is 15.6. The lowest BCUT2D eigenvalue weighted by Crippen LogP contribution is -2.30. The van der Waals surface area contributed by atoms with E-state index in [9.17, 15) is 4.79 Å². The Kier molecular flexibility index (Phi) is 4.52. The molecule has 1 spiro atoms. The molecule has 2 aliphatic rings. The average Bonchev–Trinajstić information content (AvgIpc) is 2.89. The van der Waals surface area contributed by atoms with Crippen LogP contribution >= 0.6 is 11.6 Å². The van der Waals surface area contributed by atoms with Gasteiger partial charge in [-0.1, -0.05) is 11.6 Å². The van der Waals surface area contributed by atoms with Gasteiger partial charge in [0.1, 0.15) is 5.82 Å². The van der Waals surface area contributed by atoms with Gasteiger partial charge in [-0.3, -0.25) is 0 Å². The molecular weight excluding hydrogens is 308 g/mol. The molecule has 2 fully saturated rings. The Morgan fingerprint density at radius 1 is 1.50 bits per heavy atom. The van der Waals surface area contributed by atoms with Gasteiger partial charge in [0.15, 0.2) is 0 Å². The van der Waals surface area contributed by atoms with Gasteiger partial charge < -0.3 is 19.9 Å². The van der Waals surface area contributed by atoms with Gasteiger partial charge in [-0.25, -0.2) is 9.78 Å². The Balaban J connectivity index is 1.56. The number of nitrogens with zero attached hydrogens (tertiary/aromatic N) is 1. The monoisotopic (exact) mass is 326 g/mol. The van der Waals surface area contributed by atoms with Gasteiger partial charge in [0, 0.05) is 31.4 Å². The first-order valence-corrected chi connectivity index (χ1v) is 7.78. The first-order chi connectivity index (χ1) is 10.6. The summed E-state index contributed by atoms with van der Waals surface area (Å²) in [6.07, 6.45) is 4.53. The van der Waals surface area contributed by atoms with Crippen molar-refractivity contribution in [2.75, 3.05) is 31.7 Å². The molecule has 2 saturated heterocycles. The average molecular weight is 327 g/mol. The standard InChI is InChI=1S/C15H19ClN2O4/c16-12-5-10(14(19)20)7-17-13(12)18-8-11-6-15(9-22-11)1-3-21-4-2-15/h5,7,11H,1-4,6,8-9H2,(H,17,18)(H,19,20). The number of ether oxygens (including phenoxy) is 2. The SMILES string of the molecule is O=C(O)c1cnc(NCC2CC3(CCOCC3)CO2)c(Cl)c1. The van der Waals surface area contributed by atoms with Gasteiger partial charge in [0.2, 0.25) is 0 Å². The Morgan fingerprint density at radius 3 is 2.95 bits per heavy atom. The summed E-state index contributed by atoms with van der Waals surface area (Å²) in [4.78, 5) is 14.9. The van der Waals surface area contributed by atoms with Crippen LogP contribution in [0.1, 0.15) is 29.6 Å². The smallest absolute Gasteiger partial charge is 0.337 e. The van der Waals surface area contributed by atoms with E-state index in [1.165, 1.54) is 12.3 Å². The molecule has 0 amide bonds. The van der Waals surface area contributed by atoms with Crippen LogP contribution in [0.15, 0.2) is 12.3 Å². The van der Waals surface area contributed by atoms with E-state index < -0.39 is 5.97 Å². The maximum atomic E-state index is 10.9. The zero-order valence-electron chi connectivity index (χ0n) is 12.2. The highest BCUT2D eigenvalue weighted by molar-refractivity contribution is 6.33. The molecule has 7 heteroatoms. The van der Waals surface area contributed by atoms with E-state index in [1.54, 1.807) is 0 Å². The van der Waals surface area contributed by atoms with Gasteiger partial charge >= 0.3 is 5.97 Å². The maximum Gasteiger partial charge on any atom is 0.337 e. The molecule has 2 N–H and O–H groups in total. The number of halogens is 1. The van der Waals surface area contributed by atoms with E-state index in [-0.39, 0.29) is 17.1 Å². The fraction of sp³-hybridized carbons (Fsp3) is 0.600. The van der Waals surface area contributed by atoms with Crippen LogP contribution in [0.5, 0.6) is 0 Å². The van der Waals surface area contributed by atoms with Crippen molar-refractivity contribution < 1.29 is 19.4 Å². The third-order valence-electron chi connectivity index (χ3n) is 4.42. The highest BCUT2D eigenvalue weighted by atomic mass is 35.5. The topological polar surface area (TPSA) is 80.7 Å². The minimum Gasteiger partial charge on any atom is -0.478 e. The molecule has 2 aliphatic heterocycles. The van der Waals surface area contributed by atoms with Crippen LogP contribution in [0, 0.1) is 5.41 Å². The van der Waals surface area contributed by atoms with Crippen molar-refractivity contribution in [1.29, 1.82) is 0 Å². The number of carbonyl (C=O) groups is 1. The summed E-state index contributed by atoms with van der Waals surface area (Å²) < 4.78 is 11.3. The second-order valence-corrected chi connectivity index (χ2v) is 6.40. The first-order valence-electron chi connectivity index (χ1n) is 7.40. The summed E-state index contributed by atoms with van der Waals surface area (Å²) in [6.45, 7) is 3.02. The van der Waals surface area contributed by atoms with Gasteiger partial charge in [-0.2, -0.15) is 0 Å². The summed E-state index contributed by atoms with van der Waals surface area (Å²) in [5.74, 6) is -0.551. The molecule has 22 heavy (non-hydrogen) atoms. The Morgan fingerprint density at radius 2 is 2.27 bits per heavy atom. The third kappa shape index (κ3) is 3.34. The summed E-state index contributed by atoms with van der Waals surface area (Å²) >= 11 is 6.06. The summed E-state index contributed by atoms with van der Waals surface area (Å²) in [6, 6.07) is 1.40. The van der Waals surface area contributed by atoms with E-state index >= 15 is 0 Å².